The molecule has 10 nitrogen and oxygen atoms in total. The first-order chi connectivity index (χ1) is 15.9. The highest BCUT2D eigenvalue weighted by atomic mass is 16.6. The average molecular weight is 453 g/mol. The Morgan fingerprint density at radius 2 is 1.85 bits per heavy atom. The number of likely N-dealkylation sites (tertiary alicyclic amines) is 1. The van der Waals surface area contributed by atoms with Crippen LogP contribution in [0.25, 0.3) is 11.1 Å². The Labute approximate surface area is 188 Å². The number of hydrogen-bond donors (Lipinski definition) is 0. The Morgan fingerprint density at radius 1 is 1.12 bits per heavy atom. The number of oxazole rings is 1. The fourth-order valence-corrected chi connectivity index (χ4v) is 3.94. The zero-order valence-corrected chi connectivity index (χ0v) is 17.8. The lowest BCUT2D eigenvalue weighted by atomic mass is 10.1. The van der Waals surface area contributed by atoms with E-state index in [1.165, 1.54) is 22.8 Å². The van der Waals surface area contributed by atoms with Gasteiger partial charge in [0.25, 0.3) is 11.6 Å². The average Bonchev–Trinajstić information content (AvgIpc) is 3.45. The molecule has 2 heterocycles. The van der Waals surface area contributed by atoms with Crippen molar-refractivity contribution in [2.75, 3.05) is 13.1 Å². The molecule has 0 aliphatic carbocycles. The SMILES string of the molecule is O=C(CCCn1c(=O)oc2cc([N+](=O)[O-])ccc21)OC(C(=O)N1CCCC1)c1ccccc1. The van der Waals surface area contributed by atoms with Gasteiger partial charge >= 0.3 is 11.7 Å². The van der Waals surface area contributed by atoms with Crippen LogP contribution in [0.1, 0.15) is 37.4 Å². The van der Waals surface area contributed by atoms with Crippen LogP contribution >= 0.6 is 0 Å². The van der Waals surface area contributed by atoms with E-state index < -0.39 is 22.8 Å². The van der Waals surface area contributed by atoms with Crippen LogP contribution in [0.4, 0.5) is 5.69 Å². The maximum atomic E-state index is 13.0. The van der Waals surface area contributed by atoms with Crippen molar-refractivity contribution in [1.29, 1.82) is 0 Å². The molecular weight excluding hydrogens is 430 g/mol. The van der Waals surface area contributed by atoms with Crippen molar-refractivity contribution in [3.8, 4) is 0 Å². The van der Waals surface area contributed by atoms with Gasteiger partial charge in [0.1, 0.15) is 0 Å². The van der Waals surface area contributed by atoms with Crippen molar-refractivity contribution < 1.29 is 23.7 Å². The highest BCUT2D eigenvalue weighted by Gasteiger charge is 2.30. The fraction of sp³-hybridized carbons (Fsp3) is 0.348. The predicted molar refractivity (Wildman–Crippen MR) is 117 cm³/mol. The molecule has 0 spiro atoms. The number of benzene rings is 2. The summed E-state index contributed by atoms with van der Waals surface area (Å²) in [6, 6.07) is 12.8. The summed E-state index contributed by atoms with van der Waals surface area (Å²) >= 11 is 0. The third-order valence-corrected chi connectivity index (χ3v) is 5.62. The molecule has 0 bridgehead atoms. The van der Waals surface area contributed by atoms with Crippen LogP contribution in [0, 0.1) is 10.1 Å². The molecule has 1 aliphatic heterocycles. The summed E-state index contributed by atoms with van der Waals surface area (Å²) in [4.78, 5) is 49.7. The molecule has 1 fully saturated rings. The van der Waals surface area contributed by atoms with E-state index in [-0.39, 0.29) is 36.6 Å². The van der Waals surface area contributed by atoms with Crippen molar-refractivity contribution in [2.45, 2.75) is 38.3 Å². The lowest BCUT2D eigenvalue weighted by Gasteiger charge is -2.23. The Hall–Kier alpha value is -3.95. The number of nitrogens with zero attached hydrogens (tertiary/aromatic N) is 3. The summed E-state index contributed by atoms with van der Waals surface area (Å²) < 4.78 is 12.0. The van der Waals surface area contributed by atoms with Crippen LogP contribution in [-0.2, 0) is 20.9 Å². The Bertz CT molecular complexity index is 1230. The molecule has 1 saturated heterocycles. The molecule has 1 aromatic heterocycles. The number of carbonyl (C=O) groups is 2. The van der Waals surface area contributed by atoms with Crippen LogP contribution in [0.2, 0.25) is 0 Å². The van der Waals surface area contributed by atoms with Gasteiger partial charge in [-0.25, -0.2) is 4.79 Å². The van der Waals surface area contributed by atoms with Gasteiger partial charge in [0, 0.05) is 37.7 Å². The summed E-state index contributed by atoms with van der Waals surface area (Å²) in [5.41, 5.74) is 0.950. The van der Waals surface area contributed by atoms with Crippen LogP contribution < -0.4 is 5.76 Å². The largest absolute Gasteiger partial charge is 0.447 e. The van der Waals surface area contributed by atoms with Crippen molar-refractivity contribution in [2.24, 2.45) is 0 Å². The second-order valence-corrected chi connectivity index (χ2v) is 7.85. The number of fused-ring (bicyclic) bond motifs is 1. The molecule has 0 saturated carbocycles. The first-order valence-corrected chi connectivity index (χ1v) is 10.7. The standard InChI is InChI=1S/C23H23N3O7/c27-20(33-21(16-7-2-1-3-8-16)22(28)24-12-4-5-13-24)9-6-14-25-18-11-10-17(26(30)31)15-19(18)32-23(25)29/h1-3,7-8,10-11,15,21H,4-6,9,12-14H2. The van der Waals surface area contributed by atoms with E-state index >= 15 is 0 Å². The summed E-state index contributed by atoms with van der Waals surface area (Å²) in [6.07, 6.45) is 1.11. The molecule has 1 unspecified atom stereocenters. The van der Waals surface area contributed by atoms with E-state index in [1.807, 2.05) is 6.07 Å². The number of nitro groups is 1. The van der Waals surface area contributed by atoms with E-state index in [9.17, 15) is 24.5 Å². The van der Waals surface area contributed by atoms with E-state index in [0.717, 1.165) is 12.8 Å². The number of nitro benzene ring substituents is 1. The zero-order chi connectivity index (χ0) is 23.4. The van der Waals surface area contributed by atoms with Crippen molar-refractivity contribution >= 4 is 28.7 Å². The Morgan fingerprint density at radius 3 is 2.55 bits per heavy atom. The van der Waals surface area contributed by atoms with Gasteiger partial charge in [0.05, 0.1) is 16.5 Å². The maximum absolute atomic E-state index is 13.0. The topological polar surface area (TPSA) is 125 Å². The monoisotopic (exact) mass is 453 g/mol. The second kappa shape index (κ2) is 9.68. The smallest absolute Gasteiger partial charge is 0.419 e. The van der Waals surface area contributed by atoms with E-state index in [4.69, 9.17) is 9.15 Å². The number of amides is 1. The van der Waals surface area contributed by atoms with Crippen molar-refractivity contribution in [1.82, 2.24) is 9.47 Å². The molecular formula is C23H23N3O7. The molecule has 0 N–H and O–H groups in total. The van der Waals surface area contributed by atoms with Crippen LogP contribution in [0.15, 0.2) is 57.7 Å². The Kier molecular flexibility index (Phi) is 6.53. The van der Waals surface area contributed by atoms with E-state index in [1.54, 1.807) is 29.2 Å². The molecule has 0 radical (unpaired) electrons. The molecule has 4 rings (SSSR count). The first-order valence-electron chi connectivity index (χ1n) is 10.7. The highest BCUT2D eigenvalue weighted by Crippen LogP contribution is 2.24. The normalized spacial score (nSPS) is 14.4. The van der Waals surface area contributed by atoms with Crippen molar-refractivity contribution in [3.63, 3.8) is 0 Å². The van der Waals surface area contributed by atoms with Gasteiger partial charge in [0.2, 0.25) is 6.10 Å². The number of aryl methyl sites for hydroxylation is 1. The summed E-state index contributed by atoms with van der Waals surface area (Å²) in [7, 11) is 0. The van der Waals surface area contributed by atoms with Gasteiger partial charge in [-0.15, -0.1) is 0 Å². The second-order valence-electron chi connectivity index (χ2n) is 7.85. The van der Waals surface area contributed by atoms with E-state index in [2.05, 4.69) is 0 Å². The lowest BCUT2D eigenvalue weighted by Crippen LogP contribution is -2.34. The molecule has 3 aromatic rings. The summed E-state index contributed by atoms with van der Waals surface area (Å²) in [6.45, 7) is 1.46. The summed E-state index contributed by atoms with van der Waals surface area (Å²) in [5, 5.41) is 10.9. The summed E-state index contributed by atoms with van der Waals surface area (Å²) in [5.74, 6) is -1.44. The number of hydrogen-bond acceptors (Lipinski definition) is 7. The number of non-ortho nitro benzene ring substituents is 1. The van der Waals surface area contributed by atoms with Gasteiger partial charge in [-0.3, -0.25) is 24.3 Å². The first kappa shape index (κ1) is 22.3. The number of esters is 1. The predicted octanol–water partition coefficient (Wildman–Crippen LogP) is 3.19. The van der Waals surface area contributed by atoms with Crippen LogP contribution in [0.5, 0.6) is 0 Å². The third kappa shape index (κ3) is 4.94. The fourth-order valence-electron chi connectivity index (χ4n) is 3.94. The molecule has 1 amide bonds. The molecule has 10 heteroatoms. The van der Waals surface area contributed by atoms with Gasteiger partial charge in [-0.1, -0.05) is 30.3 Å². The van der Waals surface area contributed by atoms with Gasteiger partial charge in [-0.05, 0) is 25.3 Å². The van der Waals surface area contributed by atoms with Crippen LogP contribution in [-0.4, -0.2) is 39.4 Å². The zero-order valence-electron chi connectivity index (χ0n) is 17.8. The van der Waals surface area contributed by atoms with Crippen molar-refractivity contribution in [3.05, 3.63) is 74.8 Å². The van der Waals surface area contributed by atoms with E-state index in [0.29, 0.717) is 24.2 Å². The van der Waals surface area contributed by atoms with Gasteiger partial charge in [-0.2, -0.15) is 0 Å². The molecule has 2 aromatic carbocycles. The highest BCUT2D eigenvalue weighted by molar-refractivity contribution is 5.85. The molecule has 1 atom stereocenters. The number of carbonyl (C=O) groups excluding carboxylic acids is 2. The molecule has 1 aliphatic rings. The van der Waals surface area contributed by atoms with Gasteiger partial charge < -0.3 is 14.1 Å². The lowest BCUT2D eigenvalue weighted by molar-refractivity contribution is -0.384. The maximum Gasteiger partial charge on any atom is 0.419 e. The Balaban J connectivity index is 1.41. The number of aromatic nitrogens is 1. The molecule has 33 heavy (non-hydrogen) atoms. The minimum Gasteiger partial charge on any atom is -0.447 e. The molecule has 172 valence electrons. The van der Waals surface area contributed by atoms with Crippen LogP contribution in [0.3, 0.4) is 0 Å². The third-order valence-electron chi connectivity index (χ3n) is 5.62. The minimum absolute atomic E-state index is 0.0112. The number of ether oxygens (including phenoxy) is 1. The quantitative estimate of drug-likeness (QED) is 0.291. The van der Waals surface area contributed by atoms with Gasteiger partial charge in [0.15, 0.2) is 5.58 Å². The minimum atomic E-state index is -1.00. The number of rotatable bonds is 8.